The van der Waals surface area contributed by atoms with Gasteiger partial charge in [-0.05, 0) is 37.6 Å². The Morgan fingerprint density at radius 2 is 1.88 bits per heavy atom. The van der Waals surface area contributed by atoms with E-state index in [-0.39, 0.29) is 10.6 Å². The number of aromatic nitrogens is 1. The predicted octanol–water partition coefficient (Wildman–Crippen LogP) is 1.96. The molecule has 1 aliphatic rings. The van der Waals surface area contributed by atoms with Gasteiger partial charge >= 0.3 is 7.82 Å². The number of phosphoric acid groups is 1. The van der Waals surface area contributed by atoms with Gasteiger partial charge in [0.1, 0.15) is 0 Å². The highest BCUT2D eigenvalue weighted by Crippen LogP contribution is 2.36. The first-order valence-corrected chi connectivity index (χ1v) is 9.50. The molecule has 0 aliphatic heterocycles. The number of nitrogens with one attached hydrogen (secondary N) is 1. The molecule has 0 saturated heterocycles. The topological polar surface area (TPSA) is 140 Å². The van der Waals surface area contributed by atoms with Gasteiger partial charge in [0, 0.05) is 34.8 Å². The zero-order valence-corrected chi connectivity index (χ0v) is 14.9. The van der Waals surface area contributed by atoms with Crippen LogP contribution < -0.4 is 0 Å². The Labute approximate surface area is 144 Å². The van der Waals surface area contributed by atoms with Crippen LogP contribution >= 0.6 is 7.82 Å². The standard InChI is InChI=1S/C15H19N3O2.H3O4P/c1-3-17(4-2)11-7-10-9-16-13-5-6-14(18(19)20)12(8-11)15(10)13;1-5(2,3)4/h5-6,9,11,16H,3-4,7-8H2,1-2H3;(H3,1,2,3,4). The Bertz CT molecular complexity index is 803. The van der Waals surface area contributed by atoms with Crippen molar-refractivity contribution < 1.29 is 24.2 Å². The molecule has 1 aliphatic carbocycles. The Balaban J connectivity index is 0.000000399. The minimum atomic E-state index is -4.64. The highest BCUT2D eigenvalue weighted by molar-refractivity contribution is 7.45. The van der Waals surface area contributed by atoms with Crippen LogP contribution in [0, 0.1) is 10.1 Å². The van der Waals surface area contributed by atoms with E-state index in [0.717, 1.165) is 42.4 Å². The summed E-state index contributed by atoms with van der Waals surface area (Å²) in [6, 6.07) is 3.80. The highest BCUT2D eigenvalue weighted by atomic mass is 31.2. The van der Waals surface area contributed by atoms with Crippen molar-refractivity contribution in [2.45, 2.75) is 32.7 Å². The van der Waals surface area contributed by atoms with Crippen molar-refractivity contribution in [3.8, 4) is 0 Å². The molecule has 0 amide bonds. The van der Waals surface area contributed by atoms with Crippen LogP contribution in [0.2, 0.25) is 0 Å². The molecule has 0 spiro atoms. The molecule has 4 N–H and O–H groups in total. The molecular formula is C15H22N3O6P. The van der Waals surface area contributed by atoms with Crippen LogP contribution in [0.25, 0.3) is 10.9 Å². The molecule has 1 aromatic carbocycles. The third-order valence-corrected chi connectivity index (χ3v) is 4.43. The molecule has 9 nitrogen and oxygen atoms in total. The number of benzene rings is 1. The second-order valence-corrected chi connectivity index (χ2v) is 6.88. The monoisotopic (exact) mass is 371 g/mol. The molecule has 10 heteroatoms. The van der Waals surface area contributed by atoms with Crippen LogP contribution in [0.15, 0.2) is 18.3 Å². The minimum absolute atomic E-state index is 0.254. The van der Waals surface area contributed by atoms with Crippen molar-refractivity contribution >= 4 is 24.4 Å². The number of nitro benzene ring substituents is 1. The summed E-state index contributed by atoms with van der Waals surface area (Å²) in [5, 5.41) is 12.4. The number of H-pyrrole nitrogens is 1. The number of aromatic amines is 1. The maximum atomic E-state index is 11.3. The van der Waals surface area contributed by atoms with E-state index in [1.807, 2.05) is 12.3 Å². The van der Waals surface area contributed by atoms with Crippen molar-refractivity contribution in [1.82, 2.24) is 9.88 Å². The van der Waals surface area contributed by atoms with Crippen molar-refractivity contribution in [3.05, 3.63) is 39.6 Å². The summed E-state index contributed by atoms with van der Waals surface area (Å²) >= 11 is 0. The van der Waals surface area contributed by atoms with E-state index in [9.17, 15) is 10.1 Å². The van der Waals surface area contributed by atoms with Crippen LogP contribution in [0.3, 0.4) is 0 Å². The lowest BCUT2D eigenvalue weighted by molar-refractivity contribution is -0.385. The Morgan fingerprint density at radius 3 is 2.40 bits per heavy atom. The number of nitrogens with zero attached hydrogens (tertiary/aromatic N) is 2. The summed E-state index contributed by atoms with van der Waals surface area (Å²) in [5.41, 5.74) is 3.38. The number of hydrogen-bond donors (Lipinski definition) is 4. The largest absolute Gasteiger partial charge is 0.466 e. The van der Waals surface area contributed by atoms with Gasteiger partial charge in [-0.3, -0.25) is 10.1 Å². The first-order chi connectivity index (χ1) is 11.7. The van der Waals surface area contributed by atoms with Crippen molar-refractivity contribution in [2.75, 3.05) is 13.1 Å². The summed E-state index contributed by atoms with van der Waals surface area (Å²) in [6.07, 6.45) is 3.74. The second kappa shape index (κ2) is 7.63. The molecule has 1 unspecified atom stereocenters. The van der Waals surface area contributed by atoms with Crippen LogP contribution in [-0.2, 0) is 17.4 Å². The van der Waals surface area contributed by atoms with E-state index in [1.54, 1.807) is 6.07 Å². The molecule has 0 fully saturated rings. The highest BCUT2D eigenvalue weighted by Gasteiger charge is 2.30. The maximum Gasteiger partial charge on any atom is 0.466 e. The average Bonchev–Trinajstić information content (AvgIpc) is 2.91. The maximum absolute atomic E-state index is 11.3. The van der Waals surface area contributed by atoms with E-state index in [0.29, 0.717) is 6.04 Å². The molecule has 25 heavy (non-hydrogen) atoms. The third kappa shape index (κ3) is 4.65. The van der Waals surface area contributed by atoms with Gasteiger partial charge in [0.15, 0.2) is 0 Å². The van der Waals surface area contributed by atoms with Gasteiger partial charge in [-0.15, -0.1) is 0 Å². The summed E-state index contributed by atoms with van der Waals surface area (Å²) < 4.78 is 8.88. The normalized spacial score (nSPS) is 16.6. The summed E-state index contributed by atoms with van der Waals surface area (Å²) in [5.74, 6) is 0. The fourth-order valence-corrected chi connectivity index (χ4v) is 3.46. The predicted molar refractivity (Wildman–Crippen MR) is 93.3 cm³/mol. The minimum Gasteiger partial charge on any atom is -0.361 e. The number of nitro groups is 1. The van der Waals surface area contributed by atoms with Gasteiger partial charge in [0.05, 0.1) is 4.92 Å². The lowest BCUT2D eigenvalue weighted by Gasteiger charge is -2.32. The molecule has 0 radical (unpaired) electrons. The zero-order valence-electron chi connectivity index (χ0n) is 14.0. The summed E-state index contributed by atoms with van der Waals surface area (Å²) in [7, 11) is -4.64. The molecule has 2 aromatic rings. The van der Waals surface area contributed by atoms with Gasteiger partial charge in [0.25, 0.3) is 5.69 Å². The van der Waals surface area contributed by atoms with Gasteiger partial charge in [-0.2, -0.15) is 0 Å². The Kier molecular flexibility index (Phi) is 5.97. The first kappa shape index (κ1) is 19.6. The first-order valence-electron chi connectivity index (χ1n) is 7.94. The van der Waals surface area contributed by atoms with Crippen molar-refractivity contribution in [1.29, 1.82) is 0 Å². The van der Waals surface area contributed by atoms with E-state index < -0.39 is 7.82 Å². The molecule has 1 atom stereocenters. The lowest BCUT2D eigenvalue weighted by atomic mass is 9.87. The Hall–Kier alpha value is -1.77. The number of likely N-dealkylation sites (N-methyl/N-ethyl adjacent to an activating group) is 1. The molecule has 0 saturated carbocycles. The second-order valence-electron chi connectivity index (χ2n) is 5.85. The SMILES string of the molecule is CCN(CC)C1Cc2c[nH]c3ccc([N+](=O)[O-])c(c23)C1.O=P(O)(O)O. The lowest BCUT2D eigenvalue weighted by Crippen LogP contribution is -2.39. The third-order valence-electron chi connectivity index (χ3n) is 4.43. The van der Waals surface area contributed by atoms with Crippen molar-refractivity contribution in [3.63, 3.8) is 0 Å². The smallest absolute Gasteiger partial charge is 0.361 e. The van der Waals surface area contributed by atoms with Gasteiger partial charge < -0.3 is 24.6 Å². The quantitative estimate of drug-likeness (QED) is 0.366. The molecule has 1 heterocycles. The van der Waals surface area contributed by atoms with Crippen LogP contribution in [-0.4, -0.2) is 48.6 Å². The zero-order chi connectivity index (χ0) is 18.8. The molecular weight excluding hydrogens is 349 g/mol. The molecule has 138 valence electrons. The molecule has 0 bridgehead atoms. The van der Waals surface area contributed by atoms with E-state index in [2.05, 4.69) is 23.7 Å². The molecule has 1 aromatic heterocycles. The number of hydrogen-bond acceptors (Lipinski definition) is 4. The van der Waals surface area contributed by atoms with Crippen LogP contribution in [0.1, 0.15) is 25.0 Å². The summed E-state index contributed by atoms with van der Waals surface area (Å²) in [4.78, 5) is 38.2. The van der Waals surface area contributed by atoms with E-state index >= 15 is 0 Å². The summed E-state index contributed by atoms with van der Waals surface area (Å²) in [6.45, 7) is 6.24. The van der Waals surface area contributed by atoms with Gasteiger partial charge in [-0.25, -0.2) is 4.57 Å². The Morgan fingerprint density at radius 1 is 1.28 bits per heavy atom. The van der Waals surface area contributed by atoms with Gasteiger partial charge in [0.2, 0.25) is 0 Å². The fourth-order valence-electron chi connectivity index (χ4n) is 3.46. The van der Waals surface area contributed by atoms with Crippen LogP contribution in [0.4, 0.5) is 5.69 Å². The average molecular weight is 371 g/mol. The van der Waals surface area contributed by atoms with Crippen molar-refractivity contribution in [2.24, 2.45) is 0 Å². The number of rotatable bonds is 4. The fraction of sp³-hybridized carbons (Fsp3) is 0.467. The van der Waals surface area contributed by atoms with Gasteiger partial charge in [-0.1, -0.05) is 13.8 Å². The molecule has 3 rings (SSSR count). The van der Waals surface area contributed by atoms with Crippen LogP contribution in [0.5, 0.6) is 0 Å². The van der Waals surface area contributed by atoms with E-state index in [1.165, 1.54) is 5.56 Å². The van der Waals surface area contributed by atoms with E-state index in [4.69, 9.17) is 19.2 Å².